The Morgan fingerprint density at radius 1 is 1.20 bits per heavy atom. The fraction of sp³-hybridized carbons (Fsp3) is 0.467. The van der Waals surface area contributed by atoms with Gasteiger partial charge < -0.3 is 15.3 Å². The first-order valence-corrected chi connectivity index (χ1v) is 6.82. The maximum atomic E-state index is 12.1. The minimum Gasteiger partial charge on any atom is -0.395 e. The molecule has 0 aliphatic heterocycles. The minimum atomic E-state index is -0.120. The molecule has 2 N–H and O–H groups in total. The smallest absolute Gasteiger partial charge is 0.227 e. The molecule has 1 aromatic carbocycles. The molecule has 1 rings (SSSR count). The average Bonchev–Trinajstić information content (AvgIpc) is 2.40. The summed E-state index contributed by atoms with van der Waals surface area (Å²) in [5, 5.41) is 11.6. The molecular weight excluding hydrogens is 256 g/mol. The summed E-state index contributed by atoms with van der Waals surface area (Å²) in [6.07, 6.45) is 1.17. The second kappa shape index (κ2) is 8.32. The zero-order valence-electron chi connectivity index (χ0n) is 12.1. The molecule has 0 radical (unpaired) electrons. The van der Waals surface area contributed by atoms with E-state index in [9.17, 15) is 9.59 Å². The van der Waals surface area contributed by atoms with E-state index >= 15 is 0 Å². The van der Waals surface area contributed by atoms with Crippen molar-refractivity contribution in [3.05, 3.63) is 29.8 Å². The normalized spacial score (nSPS) is 10.2. The van der Waals surface area contributed by atoms with Gasteiger partial charge in [0, 0.05) is 25.7 Å². The number of carbonyl (C=O) groups is 2. The first-order chi connectivity index (χ1) is 9.56. The van der Waals surface area contributed by atoms with E-state index in [0.717, 1.165) is 17.7 Å². The first kappa shape index (κ1) is 16.2. The van der Waals surface area contributed by atoms with Crippen LogP contribution in [0.3, 0.4) is 0 Å². The van der Waals surface area contributed by atoms with Crippen LogP contribution < -0.4 is 5.32 Å². The summed E-state index contributed by atoms with van der Waals surface area (Å²) in [6.45, 7) is 4.46. The molecule has 0 aromatic heterocycles. The van der Waals surface area contributed by atoms with E-state index in [1.54, 1.807) is 17.0 Å². The molecule has 0 atom stereocenters. The second-order valence-corrected chi connectivity index (χ2v) is 4.66. The van der Waals surface area contributed by atoms with Gasteiger partial charge in [-0.1, -0.05) is 19.1 Å². The van der Waals surface area contributed by atoms with Crippen LogP contribution in [0.2, 0.25) is 0 Å². The lowest BCUT2D eigenvalue weighted by Crippen LogP contribution is -2.35. The van der Waals surface area contributed by atoms with Gasteiger partial charge >= 0.3 is 0 Å². The van der Waals surface area contributed by atoms with Gasteiger partial charge in [0.05, 0.1) is 13.0 Å². The molecule has 0 spiro atoms. The van der Waals surface area contributed by atoms with Crippen LogP contribution in [-0.2, 0) is 16.0 Å². The highest BCUT2D eigenvalue weighted by atomic mass is 16.3. The van der Waals surface area contributed by atoms with Crippen molar-refractivity contribution in [1.82, 2.24) is 4.90 Å². The third-order valence-electron chi connectivity index (χ3n) is 2.85. The standard InChI is InChI=1S/C15H22N2O3/c1-3-8-17(9-10-18)15(20)11-13-4-6-14(7-5-13)16-12(2)19/h4-7,18H,3,8-11H2,1-2H3,(H,16,19). The molecule has 0 bridgehead atoms. The number of aliphatic hydroxyl groups excluding tert-OH is 1. The van der Waals surface area contributed by atoms with Crippen molar-refractivity contribution in [2.24, 2.45) is 0 Å². The highest BCUT2D eigenvalue weighted by molar-refractivity contribution is 5.88. The molecule has 0 aliphatic rings. The topological polar surface area (TPSA) is 69.6 Å². The molecule has 20 heavy (non-hydrogen) atoms. The molecule has 5 nitrogen and oxygen atoms in total. The van der Waals surface area contributed by atoms with Crippen LogP contribution in [-0.4, -0.2) is 41.5 Å². The van der Waals surface area contributed by atoms with Crippen molar-refractivity contribution in [1.29, 1.82) is 0 Å². The molecule has 0 fully saturated rings. The summed E-state index contributed by atoms with van der Waals surface area (Å²) in [6, 6.07) is 7.21. The molecule has 0 saturated carbocycles. The number of benzene rings is 1. The van der Waals surface area contributed by atoms with Crippen LogP contribution >= 0.6 is 0 Å². The number of carbonyl (C=O) groups excluding carboxylic acids is 2. The van der Waals surface area contributed by atoms with E-state index in [1.807, 2.05) is 19.1 Å². The van der Waals surface area contributed by atoms with E-state index in [-0.39, 0.29) is 18.4 Å². The van der Waals surface area contributed by atoms with Gasteiger partial charge in [0.15, 0.2) is 0 Å². The summed E-state index contributed by atoms with van der Waals surface area (Å²) in [4.78, 5) is 24.7. The van der Waals surface area contributed by atoms with Crippen molar-refractivity contribution in [3.63, 3.8) is 0 Å². The zero-order chi connectivity index (χ0) is 15.0. The number of hydrogen-bond acceptors (Lipinski definition) is 3. The number of nitrogens with one attached hydrogen (secondary N) is 1. The van der Waals surface area contributed by atoms with E-state index in [2.05, 4.69) is 5.32 Å². The summed E-state index contributed by atoms with van der Waals surface area (Å²) in [5.41, 5.74) is 1.61. The number of aliphatic hydroxyl groups is 1. The maximum Gasteiger partial charge on any atom is 0.227 e. The third-order valence-corrected chi connectivity index (χ3v) is 2.85. The average molecular weight is 278 g/mol. The Bertz CT molecular complexity index is 437. The number of rotatable bonds is 7. The maximum absolute atomic E-state index is 12.1. The zero-order valence-corrected chi connectivity index (χ0v) is 12.1. The molecule has 5 heteroatoms. The van der Waals surface area contributed by atoms with Crippen LogP contribution in [0.1, 0.15) is 25.8 Å². The molecule has 0 aliphatic carbocycles. The van der Waals surface area contributed by atoms with Gasteiger partial charge in [0.2, 0.25) is 11.8 Å². The van der Waals surface area contributed by atoms with Crippen molar-refractivity contribution in [2.45, 2.75) is 26.7 Å². The van der Waals surface area contributed by atoms with Gasteiger partial charge in [-0.15, -0.1) is 0 Å². The Balaban J connectivity index is 2.62. The molecule has 0 saturated heterocycles. The monoisotopic (exact) mass is 278 g/mol. The lowest BCUT2D eigenvalue weighted by Gasteiger charge is -2.21. The highest BCUT2D eigenvalue weighted by Gasteiger charge is 2.12. The Morgan fingerprint density at radius 2 is 1.85 bits per heavy atom. The lowest BCUT2D eigenvalue weighted by atomic mass is 10.1. The summed E-state index contributed by atoms with van der Waals surface area (Å²) < 4.78 is 0. The number of amides is 2. The predicted molar refractivity (Wildman–Crippen MR) is 78.4 cm³/mol. The number of hydrogen-bond donors (Lipinski definition) is 2. The molecule has 2 amide bonds. The molecule has 0 heterocycles. The molecular formula is C15H22N2O3. The van der Waals surface area contributed by atoms with Crippen LogP contribution in [0.5, 0.6) is 0 Å². The van der Waals surface area contributed by atoms with Gasteiger partial charge in [0.25, 0.3) is 0 Å². The van der Waals surface area contributed by atoms with Crippen molar-refractivity contribution in [2.75, 3.05) is 25.0 Å². The summed E-state index contributed by atoms with van der Waals surface area (Å²) in [5.74, 6) is -0.112. The molecule has 1 aromatic rings. The van der Waals surface area contributed by atoms with Gasteiger partial charge in [-0.05, 0) is 24.1 Å². The SMILES string of the molecule is CCCN(CCO)C(=O)Cc1ccc(NC(C)=O)cc1. The van der Waals surface area contributed by atoms with Crippen LogP contribution in [0.15, 0.2) is 24.3 Å². The van der Waals surface area contributed by atoms with Gasteiger partial charge in [-0.2, -0.15) is 0 Å². The third kappa shape index (κ3) is 5.40. The molecule has 110 valence electrons. The Kier molecular flexibility index (Phi) is 6.73. The summed E-state index contributed by atoms with van der Waals surface area (Å²) in [7, 11) is 0. The minimum absolute atomic E-state index is 0.00757. The van der Waals surface area contributed by atoms with E-state index in [0.29, 0.717) is 19.5 Å². The van der Waals surface area contributed by atoms with Crippen LogP contribution in [0.25, 0.3) is 0 Å². The summed E-state index contributed by atoms with van der Waals surface area (Å²) >= 11 is 0. The van der Waals surface area contributed by atoms with E-state index in [4.69, 9.17) is 5.11 Å². The van der Waals surface area contributed by atoms with Crippen LogP contribution in [0, 0.1) is 0 Å². The second-order valence-electron chi connectivity index (χ2n) is 4.66. The fourth-order valence-electron chi connectivity index (χ4n) is 1.95. The Hall–Kier alpha value is -1.88. The Labute approximate surface area is 119 Å². The van der Waals surface area contributed by atoms with Gasteiger partial charge in [0.1, 0.15) is 0 Å². The quantitative estimate of drug-likeness (QED) is 0.792. The highest BCUT2D eigenvalue weighted by Crippen LogP contribution is 2.11. The van der Waals surface area contributed by atoms with Crippen molar-refractivity contribution >= 4 is 17.5 Å². The fourth-order valence-corrected chi connectivity index (χ4v) is 1.95. The van der Waals surface area contributed by atoms with Crippen LogP contribution in [0.4, 0.5) is 5.69 Å². The van der Waals surface area contributed by atoms with Crippen molar-refractivity contribution in [3.8, 4) is 0 Å². The predicted octanol–water partition coefficient (Wildman–Crippen LogP) is 1.42. The Morgan fingerprint density at radius 3 is 2.35 bits per heavy atom. The van der Waals surface area contributed by atoms with Gasteiger partial charge in [-0.3, -0.25) is 9.59 Å². The van der Waals surface area contributed by atoms with Crippen molar-refractivity contribution < 1.29 is 14.7 Å². The first-order valence-electron chi connectivity index (χ1n) is 6.82. The number of nitrogens with zero attached hydrogens (tertiary/aromatic N) is 1. The van der Waals surface area contributed by atoms with E-state index in [1.165, 1.54) is 6.92 Å². The molecule has 0 unspecified atom stereocenters. The lowest BCUT2D eigenvalue weighted by molar-refractivity contribution is -0.131. The van der Waals surface area contributed by atoms with E-state index < -0.39 is 0 Å². The van der Waals surface area contributed by atoms with Gasteiger partial charge in [-0.25, -0.2) is 0 Å². The largest absolute Gasteiger partial charge is 0.395 e. The number of anilines is 1.